The van der Waals surface area contributed by atoms with Crippen molar-refractivity contribution in [3.05, 3.63) is 33.8 Å². The standard InChI is InChI=1S/C18H25ClN2O3/c1-17(2,3)24-16(23)21-18(4-5-18)15(22)11-6-10-7-12(20)9-13(10)14(19)8-11/h6,8,12,15,22H,4-5,7,9,20H2,1-3H3,(H,21,23). The van der Waals surface area contributed by atoms with Crippen molar-refractivity contribution in [2.45, 2.75) is 69.7 Å². The average Bonchev–Trinajstić information content (AvgIpc) is 3.09. The molecule has 1 aromatic rings. The lowest BCUT2D eigenvalue weighted by Gasteiger charge is -2.27. The van der Waals surface area contributed by atoms with Gasteiger partial charge in [0.05, 0.1) is 5.54 Å². The third-order valence-corrected chi connectivity index (χ3v) is 4.97. The molecule has 0 radical (unpaired) electrons. The Labute approximate surface area is 147 Å². The van der Waals surface area contributed by atoms with Crippen LogP contribution in [-0.2, 0) is 17.6 Å². The molecule has 2 unspecified atom stereocenters. The smallest absolute Gasteiger partial charge is 0.408 e. The highest BCUT2D eigenvalue weighted by atomic mass is 35.5. The second-order valence-corrected chi connectivity index (χ2v) is 8.40. The van der Waals surface area contributed by atoms with Crippen LogP contribution in [0.2, 0.25) is 5.02 Å². The van der Waals surface area contributed by atoms with E-state index >= 15 is 0 Å². The Morgan fingerprint density at radius 2 is 2.08 bits per heavy atom. The first kappa shape index (κ1) is 17.5. The number of aliphatic hydroxyl groups excluding tert-OH is 1. The molecule has 24 heavy (non-hydrogen) atoms. The van der Waals surface area contributed by atoms with Crippen molar-refractivity contribution in [2.24, 2.45) is 5.73 Å². The molecule has 1 amide bonds. The number of nitrogens with two attached hydrogens (primary N) is 1. The number of nitrogens with one attached hydrogen (secondary N) is 1. The van der Waals surface area contributed by atoms with E-state index in [1.807, 2.05) is 26.8 Å². The van der Waals surface area contributed by atoms with Gasteiger partial charge in [-0.15, -0.1) is 0 Å². The van der Waals surface area contributed by atoms with Gasteiger partial charge in [-0.3, -0.25) is 0 Å². The first-order chi connectivity index (χ1) is 11.1. The number of hydrogen-bond acceptors (Lipinski definition) is 4. The van der Waals surface area contributed by atoms with E-state index in [1.54, 1.807) is 6.07 Å². The summed E-state index contributed by atoms with van der Waals surface area (Å²) in [6.45, 7) is 5.43. The minimum atomic E-state index is -0.815. The van der Waals surface area contributed by atoms with E-state index in [1.165, 1.54) is 0 Å². The Hall–Kier alpha value is -1.30. The number of fused-ring (bicyclic) bond motifs is 1. The number of rotatable bonds is 3. The molecule has 132 valence electrons. The van der Waals surface area contributed by atoms with Gasteiger partial charge in [-0.1, -0.05) is 17.7 Å². The maximum atomic E-state index is 12.1. The van der Waals surface area contributed by atoms with Crippen molar-refractivity contribution in [3.63, 3.8) is 0 Å². The van der Waals surface area contributed by atoms with Crippen molar-refractivity contribution in [2.75, 3.05) is 0 Å². The molecule has 0 aromatic heterocycles. The summed E-state index contributed by atoms with van der Waals surface area (Å²) in [5.41, 5.74) is 7.66. The van der Waals surface area contributed by atoms with Crippen molar-refractivity contribution in [1.82, 2.24) is 5.32 Å². The Balaban J connectivity index is 1.77. The Morgan fingerprint density at radius 3 is 2.67 bits per heavy atom. The van der Waals surface area contributed by atoms with Gasteiger partial charge in [0, 0.05) is 11.1 Å². The SMILES string of the molecule is CC(C)(C)OC(=O)NC1(C(O)c2cc(Cl)c3c(c2)CC(N)C3)CC1. The fourth-order valence-corrected chi connectivity index (χ4v) is 3.65. The largest absolute Gasteiger partial charge is 0.444 e. The van der Waals surface area contributed by atoms with Gasteiger partial charge >= 0.3 is 6.09 Å². The van der Waals surface area contributed by atoms with Crippen LogP contribution in [0.25, 0.3) is 0 Å². The van der Waals surface area contributed by atoms with Crippen LogP contribution < -0.4 is 11.1 Å². The molecule has 2 aliphatic rings. The van der Waals surface area contributed by atoms with Gasteiger partial charge in [0.25, 0.3) is 0 Å². The highest BCUT2D eigenvalue weighted by Crippen LogP contribution is 2.47. The number of amides is 1. The van der Waals surface area contributed by atoms with E-state index < -0.39 is 23.3 Å². The number of hydrogen-bond donors (Lipinski definition) is 3. The molecule has 4 N–H and O–H groups in total. The van der Waals surface area contributed by atoms with Crippen molar-refractivity contribution >= 4 is 17.7 Å². The first-order valence-corrected chi connectivity index (χ1v) is 8.73. The maximum absolute atomic E-state index is 12.1. The van der Waals surface area contributed by atoms with E-state index in [2.05, 4.69) is 5.32 Å². The summed E-state index contributed by atoms with van der Waals surface area (Å²) < 4.78 is 5.31. The van der Waals surface area contributed by atoms with Crippen molar-refractivity contribution in [3.8, 4) is 0 Å². The summed E-state index contributed by atoms with van der Waals surface area (Å²) in [4.78, 5) is 12.1. The molecule has 6 heteroatoms. The summed E-state index contributed by atoms with van der Waals surface area (Å²) >= 11 is 6.37. The lowest BCUT2D eigenvalue weighted by atomic mass is 9.96. The number of benzene rings is 1. The van der Waals surface area contributed by atoms with Crippen LogP contribution in [0.1, 0.15) is 56.4 Å². The van der Waals surface area contributed by atoms with Crippen LogP contribution in [0.3, 0.4) is 0 Å². The molecule has 1 aromatic carbocycles. The molecule has 0 saturated heterocycles. The predicted octanol–water partition coefficient (Wildman–Crippen LogP) is 2.86. The second-order valence-electron chi connectivity index (χ2n) is 7.99. The summed E-state index contributed by atoms with van der Waals surface area (Å²) in [7, 11) is 0. The lowest BCUT2D eigenvalue weighted by molar-refractivity contribution is 0.0393. The molecular formula is C18H25ClN2O3. The van der Waals surface area contributed by atoms with Crippen molar-refractivity contribution in [1.29, 1.82) is 0 Å². The molecular weight excluding hydrogens is 328 g/mol. The fourth-order valence-electron chi connectivity index (χ4n) is 3.33. The first-order valence-electron chi connectivity index (χ1n) is 8.36. The monoisotopic (exact) mass is 352 g/mol. The minimum absolute atomic E-state index is 0.0830. The third kappa shape index (κ3) is 3.53. The molecule has 3 rings (SSSR count). The molecule has 5 nitrogen and oxygen atoms in total. The zero-order valence-corrected chi connectivity index (χ0v) is 15.1. The van der Waals surface area contributed by atoms with Crippen LogP contribution in [-0.4, -0.2) is 28.4 Å². The Kier molecular flexibility index (Phi) is 4.31. The second kappa shape index (κ2) is 5.90. The molecule has 0 spiro atoms. The Bertz CT molecular complexity index is 665. The van der Waals surface area contributed by atoms with Gasteiger partial charge in [-0.2, -0.15) is 0 Å². The quantitative estimate of drug-likeness (QED) is 0.781. The molecule has 1 fully saturated rings. The molecule has 0 aliphatic heterocycles. The third-order valence-electron chi connectivity index (χ3n) is 4.64. The number of halogens is 1. The van der Waals surface area contributed by atoms with Crippen LogP contribution in [0.4, 0.5) is 4.79 Å². The number of alkyl carbamates (subject to hydrolysis) is 1. The van der Waals surface area contributed by atoms with E-state index in [4.69, 9.17) is 22.1 Å². The summed E-state index contributed by atoms with van der Waals surface area (Å²) in [6.07, 6.45) is 1.63. The van der Waals surface area contributed by atoms with Gasteiger partial charge in [0.2, 0.25) is 0 Å². The molecule has 2 aliphatic carbocycles. The number of aliphatic hydroxyl groups is 1. The van der Waals surface area contributed by atoms with Crippen molar-refractivity contribution < 1.29 is 14.6 Å². The van der Waals surface area contributed by atoms with Gasteiger partial charge in [0.15, 0.2) is 0 Å². The molecule has 0 heterocycles. The van der Waals surface area contributed by atoms with E-state index in [-0.39, 0.29) is 6.04 Å². The summed E-state index contributed by atoms with van der Waals surface area (Å²) in [5, 5.41) is 14.3. The zero-order chi connectivity index (χ0) is 17.7. The zero-order valence-electron chi connectivity index (χ0n) is 14.4. The highest BCUT2D eigenvalue weighted by Gasteiger charge is 2.51. The van der Waals surface area contributed by atoms with Crippen LogP contribution in [0.5, 0.6) is 0 Å². The van der Waals surface area contributed by atoms with Gasteiger partial charge in [-0.25, -0.2) is 4.79 Å². The normalized spacial score (nSPS) is 22.7. The predicted molar refractivity (Wildman–Crippen MR) is 93.1 cm³/mol. The van der Waals surface area contributed by atoms with E-state index in [0.29, 0.717) is 17.9 Å². The fraction of sp³-hybridized carbons (Fsp3) is 0.611. The van der Waals surface area contributed by atoms with Gasteiger partial charge < -0.3 is 20.9 Å². The summed E-state index contributed by atoms with van der Waals surface area (Å²) in [6, 6.07) is 3.84. The summed E-state index contributed by atoms with van der Waals surface area (Å²) in [5.74, 6) is 0. The molecule has 2 atom stereocenters. The average molecular weight is 353 g/mol. The lowest BCUT2D eigenvalue weighted by Crippen LogP contribution is -2.44. The van der Waals surface area contributed by atoms with Crippen LogP contribution in [0, 0.1) is 0 Å². The number of carbonyl (C=O) groups is 1. The van der Waals surface area contributed by atoms with Crippen LogP contribution >= 0.6 is 11.6 Å². The van der Waals surface area contributed by atoms with Gasteiger partial charge in [-0.05, 0) is 69.2 Å². The van der Waals surface area contributed by atoms with Gasteiger partial charge in [0.1, 0.15) is 11.7 Å². The highest BCUT2D eigenvalue weighted by molar-refractivity contribution is 6.31. The molecule has 1 saturated carbocycles. The minimum Gasteiger partial charge on any atom is -0.444 e. The molecule has 0 bridgehead atoms. The van der Waals surface area contributed by atoms with E-state index in [0.717, 1.165) is 29.5 Å². The number of ether oxygens (including phenoxy) is 1. The maximum Gasteiger partial charge on any atom is 0.408 e. The topological polar surface area (TPSA) is 84.6 Å². The van der Waals surface area contributed by atoms with E-state index in [9.17, 15) is 9.90 Å². The van der Waals surface area contributed by atoms with Crippen LogP contribution in [0.15, 0.2) is 12.1 Å². The Morgan fingerprint density at radius 1 is 1.42 bits per heavy atom. The number of carbonyl (C=O) groups excluding carboxylic acids is 1.